The van der Waals surface area contributed by atoms with Gasteiger partial charge in [0.25, 0.3) is 5.69 Å². The van der Waals surface area contributed by atoms with Gasteiger partial charge in [-0.15, -0.1) is 0 Å². The van der Waals surface area contributed by atoms with Crippen molar-refractivity contribution >= 4 is 5.69 Å². The first-order valence-electron chi connectivity index (χ1n) is 5.00. The summed E-state index contributed by atoms with van der Waals surface area (Å²) in [5, 5.41) is 10.5. The van der Waals surface area contributed by atoms with Crippen LogP contribution in [0.1, 0.15) is 11.1 Å². The van der Waals surface area contributed by atoms with Crippen molar-refractivity contribution < 1.29 is 9.31 Å². The normalized spacial score (nSPS) is 10.2. The zero-order chi connectivity index (χ0) is 12.3. The smallest absolute Gasteiger partial charge is 0.258 e. The number of non-ortho nitro benzene ring substituents is 1. The lowest BCUT2D eigenvalue weighted by Gasteiger charge is -2.01. The maximum atomic E-state index is 12.7. The van der Waals surface area contributed by atoms with E-state index in [0.717, 1.165) is 11.1 Å². The Hall–Kier alpha value is -2.23. The largest absolute Gasteiger partial charge is 0.269 e. The van der Waals surface area contributed by atoms with Crippen LogP contribution >= 0.6 is 0 Å². The van der Waals surface area contributed by atoms with E-state index in [9.17, 15) is 14.5 Å². The van der Waals surface area contributed by atoms with Gasteiger partial charge in [-0.05, 0) is 23.3 Å². The lowest BCUT2D eigenvalue weighted by molar-refractivity contribution is -0.384. The maximum Gasteiger partial charge on any atom is 0.269 e. The first kappa shape index (κ1) is 11.3. The molecule has 4 heteroatoms. The Bertz CT molecular complexity index is 520. The van der Waals surface area contributed by atoms with Gasteiger partial charge in [-0.3, -0.25) is 10.1 Å². The molecule has 0 fully saturated rings. The zero-order valence-corrected chi connectivity index (χ0v) is 8.84. The van der Waals surface area contributed by atoms with Crippen molar-refractivity contribution in [2.45, 2.75) is 0 Å². The van der Waals surface area contributed by atoms with Gasteiger partial charge in [-0.25, -0.2) is 4.39 Å². The van der Waals surface area contributed by atoms with E-state index < -0.39 is 4.92 Å². The second-order valence-corrected chi connectivity index (χ2v) is 3.54. The number of nitrogens with zero attached hydrogens (tertiary/aromatic N) is 1. The van der Waals surface area contributed by atoms with Crippen molar-refractivity contribution in [2.75, 3.05) is 0 Å². The molecule has 0 saturated heterocycles. The van der Waals surface area contributed by atoms with Gasteiger partial charge in [-0.1, -0.05) is 24.3 Å². The summed E-state index contributed by atoms with van der Waals surface area (Å²) in [4.78, 5) is 10.0. The molecule has 0 saturated carbocycles. The van der Waals surface area contributed by atoms with Crippen LogP contribution < -0.4 is 0 Å². The number of nitro benzene ring substituents is 1. The molecule has 3 nitrogen and oxygen atoms in total. The van der Waals surface area contributed by atoms with Crippen LogP contribution in [0.3, 0.4) is 0 Å². The summed E-state index contributed by atoms with van der Waals surface area (Å²) in [5.74, 6) is -0.286. The standard InChI is InChI=1S/C13H9FNO2/c14-12-5-1-10(2-6-12)9-11-3-7-13(8-4-11)15(16)17/h1-9H. The van der Waals surface area contributed by atoms with E-state index in [1.165, 1.54) is 24.3 Å². The van der Waals surface area contributed by atoms with E-state index in [1.807, 2.05) is 6.42 Å². The Morgan fingerprint density at radius 2 is 1.41 bits per heavy atom. The third-order valence-corrected chi connectivity index (χ3v) is 2.31. The van der Waals surface area contributed by atoms with Crippen LogP contribution in [-0.4, -0.2) is 4.92 Å². The van der Waals surface area contributed by atoms with Crippen LogP contribution in [0.15, 0.2) is 48.5 Å². The lowest BCUT2D eigenvalue weighted by Crippen LogP contribution is -1.89. The van der Waals surface area contributed by atoms with Gasteiger partial charge in [-0.2, -0.15) is 0 Å². The predicted molar refractivity (Wildman–Crippen MR) is 62.0 cm³/mol. The van der Waals surface area contributed by atoms with Crippen molar-refractivity contribution in [3.8, 4) is 0 Å². The molecule has 0 aliphatic heterocycles. The predicted octanol–water partition coefficient (Wildman–Crippen LogP) is 3.33. The molecular formula is C13H9FNO2. The molecule has 0 amide bonds. The van der Waals surface area contributed by atoms with Crippen LogP contribution in [0.4, 0.5) is 10.1 Å². The maximum absolute atomic E-state index is 12.7. The lowest BCUT2D eigenvalue weighted by atomic mass is 10.0. The van der Waals surface area contributed by atoms with Gasteiger partial charge < -0.3 is 0 Å². The monoisotopic (exact) mass is 230 g/mol. The van der Waals surface area contributed by atoms with E-state index in [1.54, 1.807) is 24.3 Å². The molecule has 0 bridgehead atoms. The zero-order valence-electron chi connectivity index (χ0n) is 8.84. The van der Waals surface area contributed by atoms with Crippen LogP contribution in [0.2, 0.25) is 0 Å². The fourth-order valence-corrected chi connectivity index (χ4v) is 1.44. The van der Waals surface area contributed by atoms with Crippen molar-refractivity contribution in [3.63, 3.8) is 0 Å². The van der Waals surface area contributed by atoms with Crippen LogP contribution in [0.25, 0.3) is 0 Å². The molecule has 0 aliphatic rings. The molecule has 0 aliphatic carbocycles. The minimum absolute atomic E-state index is 0.0567. The average molecular weight is 230 g/mol. The minimum Gasteiger partial charge on any atom is -0.258 e. The fourth-order valence-electron chi connectivity index (χ4n) is 1.44. The first-order valence-corrected chi connectivity index (χ1v) is 5.00. The molecule has 0 spiro atoms. The van der Waals surface area contributed by atoms with E-state index >= 15 is 0 Å². The molecule has 1 radical (unpaired) electrons. The quantitative estimate of drug-likeness (QED) is 0.599. The minimum atomic E-state index is -0.443. The summed E-state index contributed by atoms with van der Waals surface area (Å²) in [7, 11) is 0. The van der Waals surface area contributed by atoms with Gasteiger partial charge in [0.1, 0.15) is 5.82 Å². The molecular weight excluding hydrogens is 221 g/mol. The van der Waals surface area contributed by atoms with Gasteiger partial charge in [0.2, 0.25) is 0 Å². The molecule has 0 unspecified atom stereocenters. The summed E-state index contributed by atoms with van der Waals surface area (Å²) in [6.45, 7) is 0. The van der Waals surface area contributed by atoms with Crippen molar-refractivity contribution in [1.29, 1.82) is 0 Å². The highest BCUT2D eigenvalue weighted by molar-refractivity contribution is 5.41. The van der Waals surface area contributed by atoms with Crippen LogP contribution in [0, 0.1) is 22.4 Å². The SMILES string of the molecule is O=[N+]([O-])c1ccc([CH]c2ccc(F)cc2)cc1. The Balaban J connectivity index is 2.13. The summed E-state index contributed by atoms with van der Waals surface area (Å²) < 4.78 is 12.7. The number of hydrogen-bond acceptors (Lipinski definition) is 2. The summed E-state index contributed by atoms with van der Waals surface area (Å²) in [6.07, 6.45) is 1.82. The highest BCUT2D eigenvalue weighted by Gasteiger charge is 2.04. The van der Waals surface area contributed by atoms with Crippen LogP contribution in [0.5, 0.6) is 0 Å². The Morgan fingerprint density at radius 3 is 1.88 bits per heavy atom. The molecule has 0 aromatic heterocycles. The van der Waals surface area contributed by atoms with Gasteiger partial charge in [0.05, 0.1) is 4.92 Å². The summed E-state index contributed by atoms with van der Waals surface area (Å²) >= 11 is 0. The van der Waals surface area contributed by atoms with E-state index in [2.05, 4.69) is 0 Å². The number of halogens is 1. The molecule has 2 rings (SSSR count). The highest BCUT2D eigenvalue weighted by Crippen LogP contribution is 2.16. The fraction of sp³-hybridized carbons (Fsp3) is 0. The van der Waals surface area contributed by atoms with Crippen LogP contribution in [-0.2, 0) is 0 Å². The van der Waals surface area contributed by atoms with Gasteiger partial charge in [0, 0.05) is 18.6 Å². The van der Waals surface area contributed by atoms with E-state index in [-0.39, 0.29) is 11.5 Å². The number of nitro groups is 1. The van der Waals surface area contributed by atoms with Crippen molar-refractivity contribution in [2.24, 2.45) is 0 Å². The van der Waals surface area contributed by atoms with Crippen molar-refractivity contribution in [3.05, 3.63) is 82.0 Å². The molecule has 17 heavy (non-hydrogen) atoms. The van der Waals surface area contributed by atoms with Gasteiger partial charge >= 0.3 is 0 Å². The van der Waals surface area contributed by atoms with Crippen molar-refractivity contribution in [1.82, 2.24) is 0 Å². The molecule has 2 aromatic carbocycles. The Morgan fingerprint density at radius 1 is 0.941 bits per heavy atom. The number of rotatable bonds is 3. The van der Waals surface area contributed by atoms with E-state index in [4.69, 9.17) is 0 Å². The third kappa shape index (κ3) is 2.87. The number of benzene rings is 2. The summed E-state index contributed by atoms with van der Waals surface area (Å²) in [6, 6.07) is 12.2. The van der Waals surface area contributed by atoms with E-state index in [0.29, 0.717) is 0 Å². The highest BCUT2D eigenvalue weighted by atomic mass is 19.1. The third-order valence-electron chi connectivity index (χ3n) is 2.31. The second-order valence-electron chi connectivity index (χ2n) is 3.54. The second kappa shape index (κ2) is 4.74. The average Bonchev–Trinajstić information content (AvgIpc) is 2.33. The topological polar surface area (TPSA) is 43.1 Å². The Labute approximate surface area is 97.7 Å². The molecule has 0 heterocycles. The molecule has 2 aromatic rings. The molecule has 0 atom stereocenters. The van der Waals surface area contributed by atoms with Gasteiger partial charge in [0.15, 0.2) is 0 Å². The first-order chi connectivity index (χ1) is 8.15. The summed E-state index contributed by atoms with van der Waals surface area (Å²) in [5.41, 5.74) is 1.74. The molecule has 85 valence electrons. The number of hydrogen-bond donors (Lipinski definition) is 0. The molecule has 0 N–H and O–H groups in total. The Kier molecular flexibility index (Phi) is 3.14.